The van der Waals surface area contributed by atoms with Crippen molar-refractivity contribution in [3.8, 4) is 17.1 Å². The maximum Gasteiger partial charge on any atom is 0.230 e. The molecule has 1 N–H and O–H groups in total. The van der Waals surface area contributed by atoms with Crippen molar-refractivity contribution >= 4 is 17.5 Å². The van der Waals surface area contributed by atoms with Crippen LogP contribution >= 0.6 is 0 Å². The highest BCUT2D eigenvalue weighted by molar-refractivity contribution is 6.00. The monoisotopic (exact) mass is 446 g/mol. The molecule has 0 bridgehead atoms. The van der Waals surface area contributed by atoms with E-state index in [9.17, 15) is 9.59 Å². The predicted octanol–water partition coefficient (Wildman–Crippen LogP) is 3.68. The molecule has 1 saturated carbocycles. The summed E-state index contributed by atoms with van der Waals surface area (Å²) in [5.41, 5.74) is 2.47. The SMILES string of the molecule is COc1cccc(CNC(=O)[C@@H]2CC(=O)N(c3cccc(-c4noc(C5CCC5)n4)c3)C2)c1. The lowest BCUT2D eigenvalue weighted by Crippen LogP contribution is -2.32. The van der Waals surface area contributed by atoms with Crippen LogP contribution in [0.15, 0.2) is 53.1 Å². The minimum atomic E-state index is -0.401. The van der Waals surface area contributed by atoms with E-state index >= 15 is 0 Å². The third-order valence-electron chi connectivity index (χ3n) is 6.41. The summed E-state index contributed by atoms with van der Waals surface area (Å²) in [5, 5.41) is 7.06. The van der Waals surface area contributed by atoms with Gasteiger partial charge >= 0.3 is 0 Å². The molecular weight excluding hydrogens is 420 g/mol. The van der Waals surface area contributed by atoms with Gasteiger partial charge in [0.25, 0.3) is 0 Å². The number of carbonyl (C=O) groups is 2. The first-order chi connectivity index (χ1) is 16.1. The van der Waals surface area contributed by atoms with Gasteiger partial charge in [0.15, 0.2) is 0 Å². The molecule has 8 heteroatoms. The van der Waals surface area contributed by atoms with E-state index in [0.29, 0.717) is 30.7 Å². The molecule has 0 spiro atoms. The van der Waals surface area contributed by atoms with Crippen LogP contribution in [-0.2, 0) is 16.1 Å². The smallest absolute Gasteiger partial charge is 0.230 e. The number of aromatic nitrogens is 2. The summed E-state index contributed by atoms with van der Waals surface area (Å²) in [7, 11) is 1.61. The molecule has 2 fully saturated rings. The second-order valence-corrected chi connectivity index (χ2v) is 8.61. The Balaban J connectivity index is 1.24. The largest absolute Gasteiger partial charge is 0.497 e. The zero-order valence-corrected chi connectivity index (χ0v) is 18.5. The van der Waals surface area contributed by atoms with E-state index in [-0.39, 0.29) is 18.2 Å². The number of rotatable bonds is 7. The summed E-state index contributed by atoms with van der Waals surface area (Å²) in [6.07, 6.45) is 3.56. The van der Waals surface area contributed by atoms with Gasteiger partial charge in [0, 0.05) is 36.7 Å². The second-order valence-electron chi connectivity index (χ2n) is 8.61. The van der Waals surface area contributed by atoms with E-state index in [1.165, 1.54) is 6.42 Å². The van der Waals surface area contributed by atoms with Crippen LogP contribution in [0.25, 0.3) is 11.4 Å². The first kappa shape index (κ1) is 21.2. The summed E-state index contributed by atoms with van der Waals surface area (Å²) in [5.74, 6) is 1.72. The lowest BCUT2D eigenvalue weighted by Gasteiger charge is -2.20. The number of anilines is 1. The average molecular weight is 447 g/mol. The lowest BCUT2D eigenvalue weighted by atomic mass is 9.85. The van der Waals surface area contributed by atoms with Crippen LogP contribution in [0, 0.1) is 5.92 Å². The average Bonchev–Trinajstić information content (AvgIpc) is 3.44. The van der Waals surface area contributed by atoms with Gasteiger partial charge in [-0.05, 0) is 42.7 Å². The van der Waals surface area contributed by atoms with E-state index in [2.05, 4.69) is 15.5 Å². The number of carbonyl (C=O) groups excluding carboxylic acids is 2. The Labute approximate surface area is 191 Å². The molecular formula is C25H26N4O4. The highest BCUT2D eigenvalue weighted by atomic mass is 16.5. The van der Waals surface area contributed by atoms with Crippen LogP contribution in [-0.4, -0.2) is 35.6 Å². The van der Waals surface area contributed by atoms with E-state index < -0.39 is 5.92 Å². The molecule has 5 rings (SSSR count). The van der Waals surface area contributed by atoms with Crippen LogP contribution < -0.4 is 15.0 Å². The lowest BCUT2D eigenvalue weighted by molar-refractivity contribution is -0.126. The third kappa shape index (κ3) is 4.46. The first-order valence-corrected chi connectivity index (χ1v) is 11.3. The topological polar surface area (TPSA) is 97.6 Å². The molecule has 33 heavy (non-hydrogen) atoms. The first-order valence-electron chi connectivity index (χ1n) is 11.3. The molecule has 2 amide bonds. The molecule has 1 atom stereocenters. The van der Waals surface area contributed by atoms with Crippen molar-refractivity contribution in [3.63, 3.8) is 0 Å². The van der Waals surface area contributed by atoms with Gasteiger partial charge in [0.1, 0.15) is 5.75 Å². The molecule has 1 aromatic heterocycles. The maximum absolute atomic E-state index is 12.7. The molecule has 170 valence electrons. The molecule has 2 aliphatic rings. The van der Waals surface area contributed by atoms with Gasteiger partial charge in [-0.15, -0.1) is 0 Å². The summed E-state index contributed by atoms with van der Waals surface area (Å²) >= 11 is 0. The Hall–Kier alpha value is -3.68. The van der Waals surface area contributed by atoms with E-state index in [4.69, 9.17) is 9.26 Å². The van der Waals surface area contributed by atoms with E-state index in [1.807, 2.05) is 48.5 Å². The van der Waals surface area contributed by atoms with Crippen molar-refractivity contribution in [3.05, 3.63) is 60.0 Å². The Morgan fingerprint density at radius 2 is 2.06 bits per heavy atom. The number of ether oxygens (including phenoxy) is 1. The van der Waals surface area contributed by atoms with Crippen LogP contribution in [0.4, 0.5) is 5.69 Å². The molecule has 2 aromatic carbocycles. The maximum atomic E-state index is 12.7. The van der Waals surface area contributed by atoms with Gasteiger partial charge in [-0.25, -0.2) is 0 Å². The summed E-state index contributed by atoms with van der Waals surface area (Å²) in [6, 6.07) is 15.1. The number of amides is 2. The quantitative estimate of drug-likeness (QED) is 0.595. The van der Waals surface area contributed by atoms with Gasteiger partial charge in [-0.3, -0.25) is 9.59 Å². The highest BCUT2D eigenvalue weighted by Crippen LogP contribution is 2.36. The Morgan fingerprint density at radius 1 is 1.21 bits per heavy atom. The zero-order valence-electron chi connectivity index (χ0n) is 18.5. The fourth-order valence-electron chi connectivity index (χ4n) is 4.24. The Kier molecular flexibility index (Phi) is 5.81. The van der Waals surface area contributed by atoms with Gasteiger partial charge < -0.3 is 19.5 Å². The zero-order chi connectivity index (χ0) is 22.8. The highest BCUT2D eigenvalue weighted by Gasteiger charge is 2.35. The molecule has 1 aliphatic heterocycles. The second kappa shape index (κ2) is 9.05. The summed E-state index contributed by atoms with van der Waals surface area (Å²) < 4.78 is 10.7. The standard InChI is InChI=1S/C25H26N4O4/c1-32-21-10-2-5-16(11-21)14-26-24(31)19-13-22(30)29(15-19)20-9-4-8-18(12-20)23-27-25(33-28-23)17-6-3-7-17/h2,4-5,8-12,17,19H,3,6-7,13-15H2,1H3,(H,26,31)/t19-/m1/s1. The summed E-state index contributed by atoms with van der Waals surface area (Å²) in [6.45, 7) is 0.725. The number of hydrogen-bond acceptors (Lipinski definition) is 6. The number of benzene rings is 2. The van der Waals surface area contributed by atoms with Crippen LogP contribution in [0.3, 0.4) is 0 Å². The number of nitrogens with zero attached hydrogens (tertiary/aromatic N) is 3. The van der Waals surface area contributed by atoms with Crippen molar-refractivity contribution in [2.75, 3.05) is 18.6 Å². The number of methoxy groups -OCH3 is 1. The van der Waals surface area contributed by atoms with Crippen molar-refractivity contribution in [2.45, 2.75) is 38.1 Å². The van der Waals surface area contributed by atoms with E-state index in [1.54, 1.807) is 12.0 Å². The molecule has 3 aromatic rings. The number of nitrogens with one attached hydrogen (secondary N) is 1. The van der Waals surface area contributed by atoms with Crippen LogP contribution in [0.5, 0.6) is 5.75 Å². The normalized spacial score (nSPS) is 18.3. The van der Waals surface area contributed by atoms with Crippen molar-refractivity contribution in [1.29, 1.82) is 0 Å². The van der Waals surface area contributed by atoms with Crippen molar-refractivity contribution < 1.29 is 18.8 Å². The number of hydrogen-bond donors (Lipinski definition) is 1. The molecule has 0 radical (unpaired) electrons. The molecule has 8 nitrogen and oxygen atoms in total. The van der Waals surface area contributed by atoms with E-state index in [0.717, 1.165) is 35.4 Å². The molecule has 2 heterocycles. The fourth-order valence-corrected chi connectivity index (χ4v) is 4.24. The summed E-state index contributed by atoms with van der Waals surface area (Å²) in [4.78, 5) is 31.6. The predicted molar refractivity (Wildman–Crippen MR) is 122 cm³/mol. The van der Waals surface area contributed by atoms with Crippen LogP contribution in [0.1, 0.15) is 43.1 Å². The van der Waals surface area contributed by atoms with Crippen molar-refractivity contribution in [1.82, 2.24) is 15.5 Å². The van der Waals surface area contributed by atoms with Gasteiger partial charge in [0.2, 0.25) is 23.5 Å². The van der Waals surface area contributed by atoms with Gasteiger partial charge in [0.05, 0.1) is 13.0 Å². The molecule has 1 aliphatic carbocycles. The minimum absolute atomic E-state index is 0.0723. The van der Waals surface area contributed by atoms with Crippen molar-refractivity contribution in [2.24, 2.45) is 5.92 Å². The Morgan fingerprint density at radius 3 is 2.85 bits per heavy atom. The molecule has 1 saturated heterocycles. The van der Waals surface area contributed by atoms with Crippen LogP contribution in [0.2, 0.25) is 0 Å². The molecule has 0 unspecified atom stereocenters. The Bertz CT molecular complexity index is 1170. The third-order valence-corrected chi connectivity index (χ3v) is 6.41. The fraction of sp³-hybridized carbons (Fsp3) is 0.360. The minimum Gasteiger partial charge on any atom is -0.497 e. The van der Waals surface area contributed by atoms with Gasteiger partial charge in [-0.2, -0.15) is 4.98 Å². The van der Waals surface area contributed by atoms with Gasteiger partial charge in [-0.1, -0.05) is 35.8 Å².